The number of hydrogen-bond donors (Lipinski definition) is 2. The normalized spacial score (nSPS) is 35.8. The van der Waals surface area contributed by atoms with Crippen LogP contribution < -0.4 is 4.74 Å². The number of aliphatic hydroxyl groups is 2. The van der Waals surface area contributed by atoms with E-state index < -0.39 is 34.0 Å². The molecular formula is C51H55NO6. The van der Waals surface area contributed by atoms with Gasteiger partial charge in [0.1, 0.15) is 5.75 Å². The Morgan fingerprint density at radius 1 is 0.793 bits per heavy atom. The minimum atomic E-state index is -1.23. The molecule has 1 heterocycles. The molecule has 6 aliphatic carbocycles. The van der Waals surface area contributed by atoms with Crippen molar-refractivity contribution in [3.8, 4) is 16.9 Å². The highest BCUT2D eigenvalue weighted by Gasteiger charge is 2.74. The Morgan fingerprint density at radius 2 is 1.50 bits per heavy atom. The van der Waals surface area contributed by atoms with Gasteiger partial charge in [-0.05, 0) is 109 Å². The summed E-state index contributed by atoms with van der Waals surface area (Å²) in [5.74, 6) is 0.638. The van der Waals surface area contributed by atoms with Crippen LogP contribution in [0.5, 0.6) is 5.75 Å². The van der Waals surface area contributed by atoms with Crippen LogP contribution >= 0.6 is 0 Å². The van der Waals surface area contributed by atoms with Crippen LogP contribution in [0.4, 0.5) is 4.79 Å². The van der Waals surface area contributed by atoms with Crippen LogP contribution in [0.25, 0.3) is 21.9 Å². The van der Waals surface area contributed by atoms with Crippen LogP contribution in [0.15, 0.2) is 121 Å². The number of aliphatic hydroxyl groups excluding tert-OH is 1. The van der Waals surface area contributed by atoms with Gasteiger partial charge in [-0.1, -0.05) is 117 Å². The number of ether oxygens (including phenoxy) is 2. The zero-order valence-electron chi connectivity index (χ0n) is 33.7. The molecule has 11 rings (SSSR count). The van der Waals surface area contributed by atoms with Gasteiger partial charge in [0.15, 0.2) is 5.78 Å². The summed E-state index contributed by atoms with van der Waals surface area (Å²) < 4.78 is 12.2. The number of amides is 1. The third kappa shape index (κ3) is 5.63. The number of carbonyl (C=O) groups excluding carboxylic acids is 2. The minimum Gasteiger partial charge on any atom is -0.410 e. The van der Waals surface area contributed by atoms with Gasteiger partial charge >= 0.3 is 6.09 Å². The van der Waals surface area contributed by atoms with Gasteiger partial charge < -0.3 is 24.6 Å². The highest BCUT2D eigenvalue weighted by atomic mass is 16.6. The maximum atomic E-state index is 15.2. The first-order valence-corrected chi connectivity index (χ1v) is 21.6. The van der Waals surface area contributed by atoms with Crippen LogP contribution in [0, 0.1) is 33.5 Å². The zero-order chi connectivity index (χ0) is 39.9. The molecule has 4 aromatic rings. The summed E-state index contributed by atoms with van der Waals surface area (Å²) >= 11 is 0. The second-order valence-electron chi connectivity index (χ2n) is 19.0. The molecule has 2 spiro atoms. The van der Waals surface area contributed by atoms with Crippen molar-refractivity contribution in [2.75, 3.05) is 19.7 Å². The topological polar surface area (TPSA) is 96.3 Å². The first kappa shape index (κ1) is 37.7. The maximum Gasteiger partial charge on any atom is 0.415 e. The van der Waals surface area contributed by atoms with Gasteiger partial charge in [0, 0.05) is 34.0 Å². The summed E-state index contributed by atoms with van der Waals surface area (Å²) in [7, 11) is 0. The van der Waals surface area contributed by atoms with Crippen molar-refractivity contribution in [2.24, 2.45) is 33.5 Å². The molecule has 7 heteroatoms. The summed E-state index contributed by atoms with van der Waals surface area (Å²) in [5.41, 5.74) is 0.659. The molecule has 1 saturated heterocycles. The largest absolute Gasteiger partial charge is 0.415 e. The van der Waals surface area contributed by atoms with Crippen molar-refractivity contribution in [3.05, 3.63) is 126 Å². The Morgan fingerprint density at radius 3 is 2.28 bits per heavy atom. The average molecular weight is 778 g/mol. The molecule has 9 atom stereocenters. The summed E-state index contributed by atoms with van der Waals surface area (Å²) in [6, 6.07) is 31.9. The van der Waals surface area contributed by atoms with E-state index in [1.54, 1.807) is 4.90 Å². The SMILES string of the molecule is C[C@]12CC[C@H]3[C@]4(C=C[C@@]5(C=C4C(=O)c4ccc(-c6ccccc6)cc4)CC(O)CC[C@]35C)[C@@H]1CC[C@@]2(O)CN(C[C@H]1CCCO1)C(=O)Oc1ccc2ccccc2c1. The highest BCUT2D eigenvalue weighted by Crippen LogP contribution is 2.78. The number of fused-ring (bicyclic) bond motifs is 2. The number of hydrogen-bond acceptors (Lipinski definition) is 6. The molecule has 7 aliphatic rings. The molecule has 4 aromatic carbocycles. The van der Waals surface area contributed by atoms with E-state index in [1.165, 1.54) is 0 Å². The lowest BCUT2D eigenvalue weighted by Crippen LogP contribution is -2.67. The number of carbonyl (C=O) groups is 2. The van der Waals surface area contributed by atoms with Gasteiger partial charge in [-0.25, -0.2) is 4.79 Å². The van der Waals surface area contributed by atoms with E-state index in [0.717, 1.165) is 72.4 Å². The lowest BCUT2D eigenvalue weighted by molar-refractivity contribution is -0.175. The fraction of sp³-hybridized carbons (Fsp3) is 0.451. The van der Waals surface area contributed by atoms with Crippen molar-refractivity contribution >= 4 is 22.6 Å². The fourth-order valence-electron chi connectivity index (χ4n) is 13.1. The van der Waals surface area contributed by atoms with Gasteiger partial charge in [0.25, 0.3) is 0 Å². The van der Waals surface area contributed by atoms with E-state index >= 15 is 4.79 Å². The third-order valence-corrected chi connectivity index (χ3v) is 16.3. The lowest BCUT2D eigenvalue weighted by atomic mass is 9.32. The number of Topliss-reactive ketones (excluding diaryl/α,β-unsaturated/α-hetero) is 1. The molecule has 2 bridgehead atoms. The highest BCUT2D eigenvalue weighted by molar-refractivity contribution is 6.10. The van der Waals surface area contributed by atoms with Crippen molar-refractivity contribution in [1.29, 1.82) is 0 Å². The number of allylic oxidation sites excluding steroid dienone is 4. The molecule has 0 aromatic heterocycles. The van der Waals surface area contributed by atoms with Crippen molar-refractivity contribution in [1.82, 2.24) is 4.90 Å². The summed E-state index contributed by atoms with van der Waals surface area (Å²) in [4.78, 5) is 31.2. The molecule has 1 amide bonds. The number of benzene rings is 4. The average Bonchev–Trinajstić information content (AvgIpc) is 3.85. The van der Waals surface area contributed by atoms with E-state index in [2.05, 4.69) is 44.2 Å². The van der Waals surface area contributed by atoms with Crippen LogP contribution in [-0.2, 0) is 4.74 Å². The smallest absolute Gasteiger partial charge is 0.410 e. The molecule has 3 saturated carbocycles. The lowest BCUT2D eigenvalue weighted by Gasteiger charge is -2.71. The molecule has 58 heavy (non-hydrogen) atoms. The van der Waals surface area contributed by atoms with Gasteiger partial charge in [-0.3, -0.25) is 4.79 Å². The Kier molecular flexibility index (Phi) is 8.94. The Bertz CT molecular complexity index is 2310. The van der Waals surface area contributed by atoms with E-state index in [1.807, 2.05) is 84.9 Å². The summed E-state index contributed by atoms with van der Waals surface area (Å²) in [6.07, 6.45) is 12.8. The Labute approximate surface area is 341 Å². The molecule has 7 nitrogen and oxygen atoms in total. The molecule has 2 N–H and O–H groups in total. The zero-order valence-corrected chi connectivity index (χ0v) is 33.7. The van der Waals surface area contributed by atoms with Crippen LogP contribution in [-0.4, -0.2) is 64.5 Å². The molecule has 1 unspecified atom stereocenters. The van der Waals surface area contributed by atoms with Crippen LogP contribution in [0.3, 0.4) is 0 Å². The van der Waals surface area contributed by atoms with Gasteiger partial charge in [0.2, 0.25) is 0 Å². The van der Waals surface area contributed by atoms with Crippen molar-refractivity contribution in [2.45, 2.75) is 89.4 Å². The summed E-state index contributed by atoms with van der Waals surface area (Å²) in [5, 5.41) is 26.4. The first-order chi connectivity index (χ1) is 28.0. The van der Waals surface area contributed by atoms with E-state index in [-0.39, 0.29) is 35.7 Å². The molecule has 1 aliphatic heterocycles. The maximum absolute atomic E-state index is 15.2. The Hall–Kier alpha value is -4.56. The monoisotopic (exact) mass is 777 g/mol. The van der Waals surface area contributed by atoms with Gasteiger partial charge in [0.05, 0.1) is 30.9 Å². The molecule has 0 radical (unpaired) electrons. The standard InChI is InChI=1S/C51H55NO6/c1-47-23-20-39(53)30-49(47)26-27-51(42(31-49)45(54)37-16-14-36(15-17-37)34-9-4-3-5-10-34)43(47)21-24-48(2)44(51)22-25-50(48,56)33-52(32-41-13-8-28-57-41)46(55)58-40-19-18-35-11-6-7-12-38(35)29-40/h3-7,9-12,14-19,26-27,29,31,39,41,43-44,53,56H,8,13,20-25,28,30,32-33H2,1-2H3/t39?,41-,43-,44-,47-,48+,49+,50-,51-/m1/s1. The predicted octanol–water partition coefficient (Wildman–Crippen LogP) is 9.96. The molecule has 4 fully saturated rings. The Balaban J connectivity index is 1.01. The first-order valence-electron chi connectivity index (χ1n) is 21.6. The number of nitrogens with zero attached hydrogens (tertiary/aromatic N) is 1. The van der Waals surface area contributed by atoms with Crippen LogP contribution in [0.2, 0.25) is 0 Å². The second kappa shape index (κ2) is 13.8. The fourth-order valence-corrected chi connectivity index (χ4v) is 13.1. The second-order valence-corrected chi connectivity index (χ2v) is 19.0. The van der Waals surface area contributed by atoms with Crippen molar-refractivity contribution < 1.29 is 29.3 Å². The van der Waals surface area contributed by atoms with E-state index in [0.29, 0.717) is 37.3 Å². The van der Waals surface area contributed by atoms with Crippen molar-refractivity contribution in [3.63, 3.8) is 0 Å². The minimum absolute atomic E-state index is 0.0362. The molecular weight excluding hydrogens is 723 g/mol. The van der Waals surface area contributed by atoms with Gasteiger partial charge in [-0.2, -0.15) is 0 Å². The third-order valence-electron chi connectivity index (χ3n) is 16.3. The number of ketones is 1. The predicted molar refractivity (Wildman–Crippen MR) is 225 cm³/mol. The summed E-state index contributed by atoms with van der Waals surface area (Å²) in [6.45, 7) is 5.76. The van der Waals surface area contributed by atoms with E-state index in [9.17, 15) is 15.0 Å². The molecule has 300 valence electrons. The quantitative estimate of drug-likeness (QED) is 0.137. The number of rotatable bonds is 8. The van der Waals surface area contributed by atoms with E-state index in [4.69, 9.17) is 9.47 Å². The van der Waals surface area contributed by atoms with Gasteiger partial charge in [-0.15, -0.1) is 0 Å². The van der Waals surface area contributed by atoms with Crippen LogP contribution in [0.1, 0.15) is 82.0 Å².